The Morgan fingerprint density at radius 2 is 1.03 bits per heavy atom. The predicted octanol–water partition coefficient (Wildman–Crippen LogP) is 7.38. The molecule has 1 atom stereocenters. The Hall–Kier alpha value is -1.06. The van der Waals surface area contributed by atoms with Gasteiger partial charge in [-0.2, -0.15) is 0 Å². The maximum atomic E-state index is 11.7. The molecule has 0 amide bonds. The van der Waals surface area contributed by atoms with Gasteiger partial charge in [-0.05, 0) is 18.8 Å². The van der Waals surface area contributed by atoms with Gasteiger partial charge in [-0.3, -0.25) is 9.59 Å². The maximum Gasteiger partial charge on any atom is 0.306 e. The summed E-state index contributed by atoms with van der Waals surface area (Å²) in [5.74, 6) is -0.0258. The van der Waals surface area contributed by atoms with E-state index in [2.05, 4.69) is 20.8 Å². The largest absolute Gasteiger partial charge is 0.466 e. The number of hydrogen-bond acceptors (Lipinski definition) is 4. The van der Waals surface area contributed by atoms with Gasteiger partial charge in [-0.15, -0.1) is 0 Å². The molecule has 0 aromatic rings. The van der Waals surface area contributed by atoms with Crippen LogP contribution in [0, 0.1) is 5.92 Å². The molecule has 4 nitrogen and oxygen atoms in total. The van der Waals surface area contributed by atoms with Crippen molar-refractivity contribution in [2.75, 3.05) is 13.2 Å². The Kier molecular flexibility index (Phi) is 20.9. The van der Waals surface area contributed by atoms with Gasteiger partial charge < -0.3 is 9.47 Å². The molecule has 172 valence electrons. The van der Waals surface area contributed by atoms with E-state index in [-0.39, 0.29) is 24.8 Å². The zero-order valence-corrected chi connectivity index (χ0v) is 19.6. The number of ether oxygens (including phenoxy) is 2. The van der Waals surface area contributed by atoms with Crippen LogP contribution >= 0.6 is 0 Å². The maximum absolute atomic E-state index is 11.7. The Bertz CT molecular complexity index is 381. The molecule has 0 aromatic carbocycles. The number of unbranched alkanes of at least 4 members (excludes halogenated alkanes) is 12. The molecule has 4 heteroatoms. The molecule has 0 heterocycles. The highest BCUT2D eigenvalue weighted by Gasteiger charge is 2.09. The lowest BCUT2D eigenvalue weighted by Crippen LogP contribution is -2.12. The first-order chi connectivity index (χ1) is 14.1. The lowest BCUT2D eigenvalue weighted by atomic mass is 10.0. The average Bonchev–Trinajstić information content (AvgIpc) is 2.72. The topological polar surface area (TPSA) is 52.6 Å². The van der Waals surface area contributed by atoms with E-state index in [0.29, 0.717) is 19.1 Å². The van der Waals surface area contributed by atoms with Crippen LogP contribution in [0.3, 0.4) is 0 Å². The first kappa shape index (κ1) is 27.9. The SMILES string of the molecule is CCCCCCCCCCCCCCCOC(=O)CCC(=O)OCCC(C)CC. The summed E-state index contributed by atoms with van der Waals surface area (Å²) < 4.78 is 10.4. The van der Waals surface area contributed by atoms with Crippen molar-refractivity contribution in [2.45, 2.75) is 130 Å². The van der Waals surface area contributed by atoms with Gasteiger partial charge in [-0.1, -0.05) is 104 Å². The van der Waals surface area contributed by atoms with Crippen molar-refractivity contribution in [3.8, 4) is 0 Å². The van der Waals surface area contributed by atoms with Gasteiger partial charge >= 0.3 is 11.9 Å². The van der Waals surface area contributed by atoms with Crippen molar-refractivity contribution in [3.05, 3.63) is 0 Å². The van der Waals surface area contributed by atoms with Gasteiger partial charge in [0.1, 0.15) is 0 Å². The predicted molar refractivity (Wildman–Crippen MR) is 121 cm³/mol. The van der Waals surface area contributed by atoms with Crippen LogP contribution in [0.5, 0.6) is 0 Å². The van der Waals surface area contributed by atoms with E-state index in [9.17, 15) is 9.59 Å². The summed E-state index contributed by atoms with van der Waals surface area (Å²) in [6.45, 7) is 7.45. The van der Waals surface area contributed by atoms with Crippen LogP contribution in [0.1, 0.15) is 130 Å². The minimum atomic E-state index is -0.300. The smallest absolute Gasteiger partial charge is 0.306 e. The van der Waals surface area contributed by atoms with Crippen LogP contribution in [-0.2, 0) is 19.1 Å². The molecule has 0 aliphatic rings. The van der Waals surface area contributed by atoms with Crippen LogP contribution in [0.4, 0.5) is 0 Å². The minimum absolute atomic E-state index is 0.123. The highest BCUT2D eigenvalue weighted by atomic mass is 16.5. The van der Waals surface area contributed by atoms with E-state index >= 15 is 0 Å². The Morgan fingerprint density at radius 1 is 0.621 bits per heavy atom. The first-order valence-corrected chi connectivity index (χ1v) is 12.4. The highest BCUT2D eigenvalue weighted by molar-refractivity contribution is 5.77. The number of carbonyl (C=O) groups excluding carboxylic acids is 2. The molecule has 0 bridgehead atoms. The van der Waals surface area contributed by atoms with Crippen molar-refractivity contribution < 1.29 is 19.1 Å². The first-order valence-electron chi connectivity index (χ1n) is 12.4. The summed E-state index contributed by atoms with van der Waals surface area (Å²) in [5, 5.41) is 0. The van der Waals surface area contributed by atoms with Crippen molar-refractivity contribution in [1.82, 2.24) is 0 Å². The van der Waals surface area contributed by atoms with Gasteiger partial charge in [0, 0.05) is 0 Å². The van der Waals surface area contributed by atoms with Gasteiger partial charge in [0.2, 0.25) is 0 Å². The van der Waals surface area contributed by atoms with E-state index in [1.165, 1.54) is 70.6 Å². The molecule has 0 radical (unpaired) electrons. The second-order valence-electron chi connectivity index (χ2n) is 8.49. The number of hydrogen-bond donors (Lipinski definition) is 0. The molecule has 0 saturated heterocycles. The van der Waals surface area contributed by atoms with Gasteiger partial charge in [-0.25, -0.2) is 0 Å². The third-order valence-corrected chi connectivity index (χ3v) is 5.61. The minimum Gasteiger partial charge on any atom is -0.466 e. The lowest BCUT2D eigenvalue weighted by molar-refractivity contribution is -0.150. The molecule has 1 unspecified atom stereocenters. The lowest BCUT2D eigenvalue weighted by Gasteiger charge is -2.09. The van der Waals surface area contributed by atoms with Crippen LogP contribution < -0.4 is 0 Å². The summed E-state index contributed by atoms with van der Waals surface area (Å²) in [7, 11) is 0. The quantitative estimate of drug-likeness (QED) is 0.146. The summed E-state index contributed by atoms with van der Waals surface area (Å²) in [6.07, 6.45) is 19.1. The monoisotopic (exact) mass is 412 g/mol. The zero-order valence-electron chi connectivity index (χ0n) is 19.6. The normalized spacial score (nSPS) is 12.0. The number of esters is 2. The number of carbonyl (C=O) groups is 2. The summed E-state index contributed by atoms with van der Waals surface area (Å²) >= 11 is 0. The zero-order chi connectivity index (χ0) is 21.6. The average molecular weight is 413 g/mol. The van der Waals surface area contributed by atoms with Crippen molar-refractivity contribution in [2.24, 2.45) is 5.92 Å². The molecule has 0 aromatic heterocycles. The Morgan fingerprint density at radius 3 is 1.48 bits per heavy atom. The second-order valence-corrected chi connectivity index (χ2v) is 8.49. The van der Waals surface area contributed by atoms with E-state index in [4.69, 9.17) is 9.47 Å². The molecule has 0 aliphatic heterocycles. The molecular formula is C25H48O4. The molecule has 0 aliphatic carbocycles. The van der Waals surface area contributed by atoms with E-state index in [1.54, 1.807) is 0 Å². The van der Waals surface area contributed by atoms with E-state index in [1.807, 2.05) is 0 Å². The Balaban J connectivity index is 3.30. The second kappa shape index (κ2) is 21.6. The molecule has 0 rings (SSSR count). The van der Waals surface area contributed by atoms with Gasteiger partial charge in [0.25, 0.3) is 0 Å². The molecule has 0 spiro atoms. The highest BCUT2D eigenvalue weighted by Crippen LogP contribution is 2.12. The number of rotatable bonds is 21. The molecular weight excluding hydrogens is 364 g/mol. The van der Waals surface area contributed by atoms with E-state index in [0.717, 1.165) is 25.7 Å². The summed E-state index contributed by atoms with van der Waals surface area (Å²) in [5.41, 5.74) is 0. The summed E-state index contributed by atoms with van der Waals surface area (Å²) in [4.78, 5) is 23.3. The third-order valence-electron chi connectivity index (χ3n) is 5.61. The van der Waals surface area contributed by atoms with Crippen LogP contribution in [0.15, 0.2) is 0 Å². The van der Waals surface area contributed by atoms with Crippen molar-refractivity contribution in [3.63, 3.8) is 0 Å². The van der Waals surface area contributed by atoms with Crippen molar-refractivity contribution >= 4 is 11.9 Å². The molecule has 0 saturated carbocycles. The van der Waals surface area contributed by atoms with Crippen LogP contribution in [-0.4, -0.2) is 25.2 Å². The van der Waals surface area contributed by atoms with Crippen LogP contribution in [0.25, 0.3) is 0 Å². The fourth-order valence-electron chi connectivity index (χ4n) is 3.23. The van der Waals surface area contributed by atoms with Crippen molar-refractivity contribution in [1.29, 1.82) is 0 Å². The Labute approximate surface area is 180 Å². The molecule has 0 fully saturated rings. The molecule has 0 N–H and O–H groups in total. The van der Waals surface area contributed by atoms with Gasteiger partial charge in [0.15, 0.2) is 0 Å². The fraction of sp³-hybridized carbons (Fsp3) is 0.920. The third kappa shape index (κ3) is 21.5. The standard InChI is InChI=1S/C25H48O4/c1-4-6-7-8-9-10-11-12-13-14-15-16-17-21-28-24(26)18-19-25(27)29-22-20-23(3)5-2/h23H,4-22H2,1-3H3. The molecule has 29 heavy (non-hydrogen) atoms. The fourth-order valence-corrected chi connectivity index (χ4v) is 3.23. The summed E-state index contributed by atoms with van der Waals surface area (Å²) in [6, 6.07) is 0. The van der Waals surface area contributed by atoms with Gasteiger partial charge in [0.05, 0.1) is 26.1 Å². The van der Waals surface area contributed by atoms with E-state index < -0.39 is 0 Å². The van der Waals surface area contributed by atoms with Crippen LogP contribution in [0.2, 0.25) is 0 Å².